The van der Waals surface area contributed by atoms with Gasteiger partial charge in [-0.25, -0.2) is 4.98 Å². The molecule has 1 aromatic heterocycles. The van der Waals surface area contributed by atoms with Gasteiger partial charge < -0.3 is 21.5 Å². The van der Waals surface area contributed by atoms with Crippen LogP contribution in [0.2, 0.25) is 0 Å². The van der Waals surface area contributed by atoms with Crippen LogP contribution >= 0.6 is 0 Å². The number of ether oxygens (including phenoxy) is 1. The van der Waals surface area contributed by atoms with E-state index in [1.54, 1.807) is 13.2 Å². The zero-order valence-corrected chi connectivity index (χ0v) is 10.9. The highest BCUT2D eigenvalue weighted by Gasteiger charge is 2.02. The van der Waals surface area contributed by atoms with Crippen molar-refractivity contribution >= 4 is 17.3 Å². The molecule has 0 bridgehead atoms. The summed E-state index contributed by atoms with van der Waals surface area (Å²) in [7, 11) is 1.68. The number of nitrogens with one attached hydrogen (secondary N) is 1. The third-order valence-corrected chi connectivity index (χ3v) is 2.85. The van der Waals surface area contributed by atoms with Gasteiger partial charge in [-0.3, -0.25) is 0 Å². The zero-order chi connectivity index (χ0) is 13.7. The third kappa shape index (κ3) is 3.28. The van der Waals surface area contributed by atoms with Crippen molar-refractivity contribution in [3.63, 3.8) is 0 Å². The van der Waals surface area contributed by atoms with Crippen molar-refractivity contribution in [3.05, 3.63) is 42.0 Å². The molecule has 100 valence electrons. The second-order valence-electron chi connectivity index (χ2n) is 4.16. The summed E-state index contributed by atoms with van der Waals surface area (Å²) in [5.74, 6) is 1.97. The lowest BCUT2D eigenvalue weighted by Gasteiger charge is -2.10. The molecule has 0 radical (unpaired) electrons. The maximum Gasteiger partial charge on any atom is 0.149 e. The Hall–Kier alpha value is -2.43. The average Bonchev–Trinajstić information content (AvgIpc) is 2.43. The molecule has 0 unspecified atom stereocenters. The van der Waals surface area contributed by atoms with Gasteiger partial charge in [-0.05, 0) is 30.2 Å². The van der Waals surface area contributed by atoms with Gasteiger partial charge >= 0.3 is 0 Å². The molecule has 5 nitrogen and oxygen atoms in total. The number of rotatable bonds is 5. The first-order valence-electron chi connectivity index (χ1n) is 6.08. The van der Waals surface area contributed by atoms with Crippen LogP contribution in [-0.4, -0.2) is 18.6 Å². The number of anilines is 3. The highest BCUT2D eigenvalue weighted by molar-refractivity contribution is 5.61. The SMILES string of the molecule is COc1ccccc1CCNc1ccc(N)c(N)n1. The minimum Gasteiger partial charge on any atom is -0.496 e. The molecule has 5 N–H and O–H groups in total. The number of nitrogen functional groups attached to an aromatic ring is 2. The topological polar surface area (TPSA) is 86.2 Å². The van der Waals surface area contributed by atoms with E-state index in [1.807, 2.05) is 30.3 Å². The number of nitrogens with zero attached hydrogens (tertiary/aromatic N) is 1. The number of methoxy groups -OCH3 is 1. The summed E-state index contributed by atoms with van der Waals surface area (Å²) in [6.07, 6.45) is 0.843. The van der Waals surface area contributed by atoms with Crippen LogP contribution in [0.25, 0.3) is 0 Å². The minimum absolute atomic E-state index is 0.349. The summed E-state index contributed by atoms with van der Waals surface area (Å²) in [5, 5.41) is 3.21. The van der Waals surface area contributed by atoms with E-state index in [1.165, 1.54) is 0 Å². The first kappa shape index (κ1) is 13.0. The largest absolute Gasteiger partial charge is 0.496 e. The predicted molar refractivity (Wildman–Crippen MR) is 78.2 cm³/mol. The highest BCUT2D eigenvalue weighted by atomic mass is 16.5. The first-order valence-corrected chi connectivity index (χ1v) is 6.08. The van der Waals surface area contributed by atoms with E-state index < -0.39 is 0 Å². The van der Waals surface area contributed by atoms with Gasteiger partial charge in [0.1, 0.15) is 17.4 Å². The molecule has 0 fully saturated rings. The average molecular weight is 258 g/mol. The van der Waals surface area contributed by atoms with Crippen molar-refractivity contribution in [2.75, 3.05) is 30.4 Å². The minimum atomic E-state index is 0.349. The zero-order valence-electron chi connectivity index (χ0n) is 10.9. The number of benzene rings is 1. The molecular formula is C14H18N4O. The summed E-state index contributed by atoms with van der Waals surface area (Å²) in [6.45, 7) is 0.747. The number of para-hydroxylation sites is 1. The normalized spacial score (nSPS) is 10.2. The molecule has 1 aromatic carbocycles. The number of nitrogens with two attached hydrogens (primary N) is 2. The van der Waals surface area contributed by atoms with E-state index in [4.69, 9.17) is 16.2 Å². The van der Waals surface area contributed by atoms with E-state index in [9.17, 15) is 0 Å². The monoisotopic (exact) mass is 258 g/mol. The predicted octanol–water partition coefficient (Wildman–Crippen LogP) is 1.91. The number of hydrogen-bond acceptors (Lipinski definition) is 5. The standard InChI is InChI=1S/C14H18N4O/c1-19-12-5-3-2-4-10(12)8-9-17-13-7-6-11(15)14(16)18-13/h2-7H,8-9,15H2,1H3,(H3,16,17,18). The van der Waals surface area contributed by atoms with Gasteiger partial charge in [0, 0.05) is 6.54 Å². The van der Waals surface area contributed by atoms with Crippen LogP contribution in [0.15, 0.2) is 36.4 Å². The molecule has 5 heteroatoms. The quantitative estimate of drug-likeness (QED) is 0.762. The molecule has 0 aliphatic heterocycles. The molecular weight excluding hydrogens is 240 g/mol. The third-order valence-electron chi connectivity index (χ3n) is 2.85. The Morgan fingerprint density at radius 2 is 1.95 bits per heavy atom. The summed E-state index contributed by atoms with van der Waals surface area (Å²) < 4.78 is 5.30. The molecule has 0 amide bonds. The summed E-state index contributed by atoms with van der Waals surface area (Å²) in [5.41, 5.74) is 12.9. The number of aromatic nitrogens is 1. The molecule has 0 aliphatic carbocycles. The van der Waals surface area contributed by atoms with Crippen LogP contribution in [0.3, 0.4) is 0 Å². The van der Waals surface area contributed by atoms with Gasteiger partial charge in [0.2, 0.25) is 0 Å². The fourth-order valence-corrected chi connectivity index (χ4v) is 1.82. The van der Waals surface area contributed by atoms with Crippen LogP contribution in [0, 0.1) is 0 Å². The van der Waals surface area contributed by atoms with Gasteiger partial charge in [-0.15, -0.1) is 0 Å². The lowest BCUT2D eigenvalue weighted by Crippen LogP contribution is -2.08. The summed E-state index contributed by atoms with van der Waals surface area (Å²) in [4.78, 5) is 4.16. The number of hydrogen-bond donors (Lipinski definition) is 3. The van der Waals surface area contributed by atoms with E-state index in [-0.39, 0.29) is 0 Å². The Kier molecular flexibility index (Phi) is 4.07. The smallest absolute Gasteiger partial charge is 0.149 e. The molecule has 19 heavy (non-hydrogen) atoms. The van der Waals surface area contributed by atoms with Crippen LogP contribution < -0.4 is 21.5 Å². The van der Waals surface area contributed by atoms with Crippen molar-refractivity contribution in [2.45, 2.75) is 6.42 Å². The van der Waals surface area contributed by atoms with Crippen molar-refractivity contribution in [1.82, 2.24) is 4.98 Å². The maximum atomic E-state index is 5.65. The van der Waals surface area contributed by atoms with Crippen LogP contribution in [-0.2, 0) is 6.42 Å². The molecule has 0 saturated carbocycles. The highest BCUT2D eigenvalue weighted by Crippen LogP contribution is 2.18. The molecule has 0 atom stereocenters. The van der Waals surface area contributed by atoms with Gasteiger partial charge in [0.15, 0.2) is 0 Å². The van der Waals surface area contributed by atoms with Crippen molar-refractivity contribution in [1.29, 1.82) is 0 Å². The molecule has 2 rings (SSSR count). The summed E-state index contributed by atoms with van der Waals surface area (Å²) in [6, 6.07) is 11.5. The Morgan fingerprint density at radius 1 is 1.16 bits per heavy atom. The molecule has 0 aliphatic rings. The molecule has 0 saturated heterocycles. The second-order valence-corrected chi connectivity index (χ2v) is 4.16. The molecule has 2 aromatic rings. The lowest BCUT2D eigenvalue weighted by atomic mass is 10.1. The van der Waals surface area contributed by atoms with Crippen molar-refractivity contribution in [2.24, 2.45) is 0 Å². The Morgan fingerprint density at radius 3 is 2.68 bits per heavy atom. The molecule has 0 spiro atoms. The van der Waals surface area contributed by atoms with E-state index in [2.05, 4.69) is 10.3 Å². The van der Waals surface area contributed by atoms with Crippen LogP contribution in [0.5, 0.6) is 5.75 Å². The van der Waals surface area contributed by atoms with Gasteiger partial charge in [0.25, 0.3) is 0 Å². The molecule has 1 heterocycles. The maximum absolute atomic E-state index is 5.65. The Labute approximate surface area is 112 Å². The van der Waals surface area contributed by atoms with Crippen LogP contribution in [0.4, 0.5) is 17.3 Å². The van der Waals surface area contributed by atoms with E-state index in [0.717, 1.165) is 30.1 Å². The van der Waals surface area contributed by atoms with Gasteiger partial charge in [0.05, 0.1) is 12.8 Å². The van der Waals surface area contributed by atoms with E-state index >= 15 is 0 Å². The lowest BCUT2D eigenvalue weighted by molar-refractivity contribution is 0.410. The van der Waals surface area contributed by atoms with Gasteiger partial charge in [-0.1, -0.05) is 18.2 Å². The van der Waals surface area contributed by atoms with Gasteiger partial charge in [-0.2, -0.15) is 0 Å². The van der Waals surface area contributed by atoms with E-state index in [0.29, 0.717) is 11.5 Å². The Bertz CT molecular complexity index is 557. The van der Waals surface area contributed by atoms with Crippen molar-refractivity contribution in [3.8, 4) is 5.75 Å². The second kappa shape index (κ2) is 5.95. The number of pyridine rings is 1. The fraction of sp³-hybridized carbons (Fsp3) is 0.214. The summed E-state index contributed by atoms with van der Waals surface area (Å²) >= 11 is 0. The first-order chi connectivity index (χ1) is 9.20. The fourth-order valence-electron chi connectivity index (χ4n) is 1.82. The van der Waals surface area contributed by atoms with Crippen LogP contribution in [0.1, 0.15) is 5.56 Å². The van der Waals surface area contributed by atoms with Crippen molar-refractivity contribution < 1.29 is 4.74 Å². The Balaban J connectivity index is 1.94.